The molecule has 6 heteroatoms. The van der Waals surface area contributed by atoms with Crippen LogP contribution < -0.4 is 0 Å². The monoisotopic (exact) mass is 370 g/mol. The van der Waals surface area contributed by atoms with Crippen LogP contribution in [0.4, 0.5) is 0 Å². The number of rotatable bonds is 4. The highest BCUT2D eigenvalue weighted by Crippen LogP contribution is 2.36. The molecule has 144 valence electrons. The summed E-state index contributed by atoms with van der Waals surface area (Å²) in [5, 5.41) is 9.36. The second kappa shape index (κ2) is 7.33. The summed E-state index contributed by atoms with van der Waals surface area (Å²) in [4.78, 5) is 40.6. The molecule has 1 aromatic rings. The van der Waals surface area contributed by atoms with E-state index in [0.29, 0.717) is 38.8 Å². The fourth-order valence-electron chi connectivity index (χ4n) is 4.99. The summed E-state index contributed by atoms with van der Waals surface area (Å²) < 4.78 is 0. The van der Waals surface area contributed by atoms with Gasteiger partial charge < -0.3 is 14.9 Å². The molecule has 0 saturated carbocycles. The smallest absolute Gasteiger partial charge is 0.326 e. The van der Waals surface area contributed by atoms with Crippen LogP contribution in [0.1, 0.15) is 55.6 Å². The number of carboxylic acid groups (broad SMARTS) is 1. The van der Waals surface area contributed by atoms with Crippen LogP contribution in [0.15, 0.2) is 24.3 Å². The van der Waals surface area contributed by atoms with Crippen molar-refractivity contribution in [3.05, 3.63) is 35.4 Å². The quantitative estimate of drug-likeness (QED) is 0.881. The van der Waals surface area contributed by atoms with Crippen LogP contribution in [0.2, 0.25) is 0 Å². The van der Waals surface area contributed by atoms with E-state index in [1.807, 2.05) is 12.1 Å². The molecule has 3 aliphatic rings. The molecule has 27 heavy (non-hydrogen) atoms. The molecular formula is C21H26N2O4. The third-order valence-electron chi connectivity index (χ3n) is 6.36. The zero-order chi connectivity index (χ0) is 19.0. The lowest BCUT2D eigenvalue weighted by molar-refractivity contribution is -0.151. The highest BCUT2D eigenvalue weighted by Gasteiger charge is 2.42. The van der Waals surface area contributed by atoms with Gasteiger partial charge >= 0.3 is 5.97 Å². The van der Waals surface area contributed by atoms with Crippen molar-refractivity contribution in [2.45, 2.75) is 62.9 Å². The van der Waals surface area contributed by atoms with Crippen LogP contribution in [0.25, 0.3) is 0 Å². The zero-order valence-electron chi connectivity index (χ0n) is 15.5. The number of hydrogen-bond donors (Lipinski definition) is 1. The standard InChI is InChI=1S/C21H26N2O4/c24-19(13-15-10-9-14-5-1-2-6-16(14)15)22-11-3-7-17(22)20(25)23-12-4-8-18(23)21(26)27/h1-2,5-6,15,17-18H,3-4,7-13H2,(H,26,27)/t15?,17-,18-/m0/s1. The van der Waals surface area contributed by atoms with Crippen molar-refractivity contribution >= 4 is 17.8 Å². The maximum Gasteiger partial charge on any atom is 0.326 e. The molecule has 0 radical (unpaired) electrons. The molecular weight excluding hydrogens is 344 g/mol. The van der Waals surface area contributed by atoms with Crippen molar-refractivity contribution in [3.8, 4) is 0 Å². The number of nitrogens with zero attached hydrogens (tertiary/aromatic N) is 2. The Balaban J connectivity index is 1.44. The van der Waals surface area contributed by atoms with Crippen molar-refractivity contribution < 1.29 is 19.5 Å². The normalized spacial score (nSPS) is 27.0. The highest BCUT2D eigenvalue weighted by molar-refractivity contribution is 5.91. The average Bonchev–Trinajstić information content (AvgIpc) is 3.40. The van der Waals surface area contributed by atoms with Gasteiger partial charge in [0.2, 0.25) is 11.8 Å². The van der Waals surface area contributed by atoms with Crippen LogP contribution >= 0.6 is 0 Å². The van der Waals surface area contributed by atoms with Gasteiger partial charge in [0.1, 0.15) is 12.1 Å². The van der Waals surface area contributed by atoms with E-state index >= 15 is 0 Å². The Hall–Kier alpha value is -2.37. The van der Waals surface area contributed by atoms with E-state index in [4.69, 9.17) is 0 Å². The predicted octanol–water partition coefficient (Wildman–Crippen LogP) is 2.17. The lowest BCUT2D eigenvalue weighted by Crippen LogP contribution is -2.51. The Labute approximate surface area is 159 Å². The van der Waals surface area contributed by atoms with E-state index < -0.39 is 18.1 Å². The Morgan fingerprint density at radius 1 is 0.963 bits per heavy atom. The fourth-order valence-corrected chi connectivity index (χ4v) is 4.99. The number of aliphatic carboxylic acids is 1. The number of fused-ring (bicyclic) bond motifs is 1. The van der Waals surface area contributed by atoms with Crippen LogP contribution in [0, 0.1) is 0 Å². The lowest BCUT2D eigenvalue weighted by atomic mass is 9.97. The van der Waals surface area contributed by atoms with Crippen LogP contribution in [0.5, 0.6) is 0 Å². The second-order valence-corrected chi connectivity index (χ2v) is 7.91. The summed E-state index contributed by atoms with van der Waals surface area (Å²) in [5.41, 5.74) is 2.59. The van der Waals surface area contributed by atoms with Crippen LogP contribution in [-0.4, -0.2) is 57.9 Å². The van der Waals surface area contributed by atoms with E-state index in [0.717, 1.165) is 19.3 Å². The topological polar surface area (TPSA) is 77.9 Å². The second-order valence-electron chi connectivity index (χ2n) is 7.91. The van der Waals surface area contributed by atoms with Gasteiger partial charge in [0.25, 0.3) is 0 Å². The largest absolute Gasteiger partial charge is 0.480 e. The van der Waals surface area contributed by atoms with E-state index in [1.165, 1.54) is 16.0 Å². The first-order valence-corrected chi connectivity index (χ1v) is 9.97. The van der Waals surface area contributed by atoms with E-state index in [2.05, 4.69) is 12.1 Å². The summed E-state index contributed by atoms with van der Waals surface area (Å²) in [6, 6.07) is 7.05. The Morgan fingerprint density at radius 3 is 2.44 bits per heavy atom. The molecule has 0 spiro atoms. The number of amides is 2. The van der Waals surface area contributed by atoms with E-state index in [1.54, 1.807) is 4.90 Å². The Kier molecular flexibility index (Phi) is 4.89. The first-order valence-electron chi connectivity index (χ1n) is 9.97. The molecule has 2 aliphatic heterocycles. The van der Waals surface area contributed by atoms with Gasteiger partial charge in [-0.3, -0.25) is 9.59 Å². The number of aryl methyl sites for hydroxylation is 1. The number of carbonyl (C=O) groups is 3. The third-order valence-corrected chi connectivity index (χ3v) is 6.36. The Morgan fingerprint density at radius 2 is 1.67 bits per heavy atom. The molecule has 2 saturated heterocycles. The predicted molar refractivity (Wildman–Crippen MR) is 99.2 cm³/mol. The number of benzene rings is 1. The zero-order valence-corrected chi connectivity index (χ0v) is 15.5. The highest BCUT2D eigenvalue weighted by atomic mass is 16.4. The summed E-state index contributed by atoms with van der Waals surface area (Å²) in [5.74, 6) is -0.876. The minimum atomic E-state index is -0.945. The molecule has 6 nitrogen and oxygen atoms in total. The van der Waals surface area contributed by atoms with Crippen molar-refractivity contribution in [1.82, 2.24) is 9.80 Å². The van der Waals surface area contributed by atoms with Crippen molar-refractivity contribution in [1.29, 1.82) is 0 Å². The number of carbonyl (C=O) groups excluding carboxylic acids is 2. The Bertz CT molecular complexity index is 762. The van der Waals surface area contributed by atoms with Crippen LogP contribution in [0.3, 0.4) is 0 Å². The summed E-state index contributed by atoms with van der Waals surface area (Å²) in [6.45, 7) is 1.07. The van der Waals surface area contributed by atoms with Gasteiger partial charge in [-0.05, 0) is 55.6 Å². The van der Waals surface area contributed by atoms with Crippen molar-refractivity contribution in [2.24, 2.45) is 0 Å². The van der Waals surface area contributed by atoms with Gasteiger partial charge in [0, 0.05) is 19.5 Å². The maximum atomic E-state index is 13.0. The molecule has 1 unspecified atom stereocenters. The SMILES string of the molecule is O=C(O)[C@@H]1CCCN1C(=O)[C@@H]1CCCN1C(=O)CC1CCc2ccccc21. The molecule has 0 bridgehead atoms. The molecule has 1 aromatic carbocycles. The first kappa shape index (κ1) is 18.0. The summed E-state index contributed by atoms with van der Waals surface area (Å²) >= 11 is 0. The van der Waals surface area contributed by atoms with Crippen molar-refractivity contribution in [2.75, 3.05) is 13.1 Å². The van der Waals surface area contributed by atoms with Gasteiger partial charge in [-0.2, -0.15) is 0 Å². The minimum absolute atomic E-state index is 0.0265. The average molecular weight is 370 g/mol. The molecule has 1 N–H and O–H groups in total. The van der Waals surface area contributed by atoms with Gasteiger partial charge in [0.15, 0.2) is 0 Å². The summed E-state index contributed by atoms with van der Waals surface area (Å²) in [6.07, 6.45) is 5.06. The van der Waals surface area contributed by atoms with Crippen molar-refractivity contribution in [3.63, 3.8) is 0 Å². The fraction of sp³-hybridized carbons (Fsp3) is 0.571. The molecule has 2 fully saturated rings. The van der Waals surface area contributed by atoms with Crippen LogP contribution in [-0.2, 0) is 20.8 Å². The third kappa shape index (κ3) is 3.33. The summed E-state index contributed by atoms with van der Waals surface area (Å²) in [7, 11) is 0. The molecule has 3 atom stereocenters. The van der Waals surface area contributed by atoms with E-state index in [9.17, 15) is 19.5 Å². The molecule has 2 amide bonds. The molecule has 2 heterocycles. The molecule has 0 aromatic heterocycles. The number of carboxylic acids is 1. The van der Waals surface area contributed by atoms with Gasteiger partial charge in [-0.1, -0.05) is 24.3 Å². The number of hydrogen-bond acceptors (Lipinski definition) is 3. The van der Waals surface area contributed by atoms with Gasteiger partial charge in [0.05, 0.1) is 0 Å². The van der Waals surface area contributed by atoms with E-state index in [-0.39, 0.29) is 17.7 Å². The molecule has 4 rings (SSSR count). The minimum Gasteiger partial charge on any atom is -0.480 e. The molecule has 1 aliphatic carbocycles. The van der Waals surface area contributed by atoms with Gasteiger partial charge in [-0.15, -0.1) is 0 Å². The maximum absolute atomic E-state index is 13.0. The van der Waals surface area contributed by atoms with Gasteiger partial charge in [-0.25, -0.2) is 4.79 Å². The number of likely N-dealkylation sites (tertiary alicyclic amines) is 2. The lowest BCUT2D eigenvalue weighted by Gasteiger charge is -2.30. The first-order chi connectivity index (χ1) is 13.1.